The second-order valence-electron chi connectivity index (χ2n) is 4.98. The fourth-order valence-electron chi connectivity index (χ4n) is 2.52. The van der Waals surface area contributed by atoms with Gasteiger partial charge < -0.3 is 5.73 Å². The van der Waals surface area contributed by atoms with Gasteiger partial charge in [0.1, 0.15) is 0 Å². The predicted octanol–water partition coefficient (Wildman–Crippen LogP) is 2.66. The van der Waals surface area contributed by atoms with E-state index in [4.69, 9.17) is 5.73 Å². The van der Waals surface area contributed by atoms with E-state index in [9.17, 15) is 0 Å². The van der Waals surface area contributed by atoms with E-state index in [-0.39, 0.29) is 6.04 Å². The van der Waals surface area contributed by atoms with Crippen molar-refractivity contribution in [2.24, 2.45) is 5.73 Å². The quantitative estimate of drug-likeness (QED) is 0.900. The average molecular weight is 243 g/mol. The van der Waals surface area contributed by atoms with Crippen LogP contribution in [0.25, 0.3) is 0 Å². The van der Waals surface area contributed by atoms with Crippen molar-refractivity contribution in [2.75, 3.05) is 6.54 Å². The molecule has 0 radical (unpaired) electrons. The summed E-state index contributed by atoms with van der Waals surface area (Å²) < 4.78 is 2.03. The molecule has 1 aromatic heterocycles. The van der Waals surface area contributed by atoms with Gasteiger partial charge in [0, 0.05) is 12.2 Å². The zero-order valence-electron chi connectivity index (χ0n) is 11.6. The lowest BCUT2D eigenvalue weighted by Gasteiger charge is -2.20. The summed E-state index contributed by atoms with van der Waals surface area (Å²) in [5.41, 5.74) is 12.0. The fraction of sp³-hybridized carbons (Fsp3) is 0.400. The molecule has 18 heavy (non-hydrogen) atoms. The molecule has 0 saturated heterocycles. The second-order valence-corrected chi connectivity index (χ2v) is 4.98. The molecule has 3 nitrogen and oxygen atoms in total. The van der Waals surface area contributed by atoms with Crippen LogP contribution in [0.4, 0.5) is 0 Å². The first-order chi connectivity index (χ1) is 8.52. The highest BCUT2D eigenvalue weighted by molar-refractivity contribution is 5.34. The van der Waals surface area contributed by atoms with Gasteiger partial charge >= 0.3 is 0 Å². The molecule has 1 unspecified atom stereocenters. The number of aromatic nitrogens is 2. The molecule has 0 aliphatic rings. The van der Waals surface area contributed by atoms with Crippen LogP contribution in [0.3, 0.4) is 0 Å². The number of nitrogens with two attached hydrogens (primary N) is 1. The molecule has 0 aliphatic heterocycles. The molecule has 96 valence electrons. The van der Waals surface area contributed by atoms with Gasteiger partial charge in [0.2, 0.25) is 0 Å². The Labute approximate surface area is 109 Å². The van der Waals surface area contributed by atoms with Crippen molar-refractivity contribution in [3.05, 3.63) is 52.3 Å². The summed E-state index contributed by atoms with van der Waals surface area (Å²) >= 11 is 0. The van der Waals surface area contributed by atoms with Gasteiger partial charge in [0.25, 0.3) is 0 Å². The second kappa shape index (κ2) is 4.94. The highest BCUT2D eigenvalue weighted by atomic mass is 15.3. The van der Waals surface area contributed by atoms with Crippen LogP contribution in [0.1, 0.15) is 34.1 Å². The zero-order valence-corrected chi connectivity index (χ0v) is 11.6. The van der Waals surface area contributed by atoms with Crippen molar-refractivity contribution in [1.82, 2.24) is 9.78 Å². The van der Waals surface area contributed by atoms with Gasteiger partial charge in [-0.25, -0.2) is 0 Å². The Balaban J connectivity index is 2.48. The predicted molar refractivity (Wildman–Crippen MR) is 74.8 cm³/mol. The minimum absolute atomic E-state index is 0.124. The Morgan fingerprint density at radius 2 is 1.89 bits per heavy atom. The van der Waals surface area contributed by atoms with E-state index >= 15 is 0 Å². The van der Waals surface area contributed by atoms with Crippen molar-refractivity contribution in [2.45, 2.75) is 33.7 Å². The number of benzene rings is 1. The number of nitrogens with zero attached hydrogens (tertiary/aromatic N) is 2. The third-order valence-corrected chi connectivity index (χ3v) is 3.35. The molecular formula is C15H21N3. The third kappa shape index (κ3) is 2.31. The van der Waals surface area contributed by atoms with E-state index < -0.39 is 0 Å². The highest BCUT2D eigenvalue weighted by Crippen LogP contribution is 2.23. The van der Waals surface area contributed by atoms with Gasteiger partial charge in [-0.05, 0) is 44.9 Å². The van der Waals surface area contributed by atoms with Crippen LogP contribution in [-0.2, 0) is 0 Å². The molecule has 0 bridgehead atoms. The maximum absolute atomic E-state index is 5.96. The SMILES string of the molecule is Cc1ccc(C(CN)n2nc(C)cc2C)c(C)c1. The molecule has 2 rings (SSSR count). The van der Waals surface area contributed by atoms with E-state index in [1.807, 2.05) is 11.6 Å². The summed E-state index contributed by atoms with van der Waals surface area (Å²) in [4.78, 5) is 0. The number of hydrogen-bond acceptors (Lipinski definition) is 2. The van der Waals surface area contributed by atoms with Gasteiger partial charge in [-0.1, -0.05) is 23.8 Å². The summed E-state index contributed by atoms with van der Waals surface area (Å²) in [7, 11) is 0. The zero-order chi connectivity index (χ0) is 13.3. The normalized spacial score (nSPS) is 12.7. The topological polar surface area (TPSA) is 43.8 Å². The molecule has 0 saturated carbocycles. The van der Waals surface area contributed by atoms with E-state index in [1.54, 1.807) is 0 Å². The lowest BCUT2D eigenvalue weighted by Crippen LogP contribution is -2.23. The van der Waals surface area contributed by atoms with Crippen molar-refractivity contribution in [1.29, 1.82) is 0 Å². The van der Waals surface area contributed by atoms with E-state index in [2.05, 4.69) is 50.1 Å². The van der Waals surface area contributed by atoms with Crippen LogP contribution in [0.15, 0.2) is 24.3 Å². The fourth-order valence-corrected chi connectivity index (χ4v) is 2.52. The molecule has 3 heteroatoms. The average Bonchev–Trinajstić information content (AvgIpc) is 2.62. The first-order valence-corrected chi connectivity index (χ1v) is 6.33. The Morgan fingerprint density at radius 1 is 1.17 bits per heavy atom. The van der Waals surface area contributed by atoms with Crippen molar-refractivity contribution >= 4 is 0 Å². The summed E-state index contributed by atoms with van der Waals surface area (Å²) in [6.45, 7) is 8.89. The Bertz CT molecular complexity index is 555. The molecule has 0 fully saturated rings. The van der Waals surface area contributed by atoms with Crippen LogP contribution in [0.2, 0.25) is 0 Å². The standard InChI is InChI=1S/C15H21N3/c1-10-5-6-14(11(2)7-10)15(9-16)18-13(4)8-12(3)17-18/h5-8,15H,9,16H2,1-4H3. The lowest BCUT2D eigenvalue weighted by atomic mass is 9.99. The molecule has 2 N–H and O–H groups in total. The first kappa shape index (κ1) is 12.8. The van der Waals surface area contributed by atoms with Crippen LogP contribution in [0.5, 0.6) is 0 Å². The Morgan fingerprint density at radius 3 is 2.39 bits per heavy atom. The Kier molecular flexibility index (Phi) is 3.53. The maximum atomic E-state index is 5.96. The van der Waals surface area contributed by atoms with Gasteiger partial charge in [0.15, 0.2) is 0 Å². The Hall–Kier alpha value is -1.61. The van der Waals surface area contributed by atoms with Gasteiger partial charge in [-0.15, -0.1) is 0 Å². The monoisotopic (exact) mass is 243 g/mol. The molecule has 1 heterocycles. The first-order valence-electron chi connectivity index (χ1n) is 6.33. The number of rotatable bonds is 3. The van der Waals surface area contributed by atoms with E-state index in [0.29, 0.717) is 6.54 Å². The van der Waals surface area contributed by atoms with Crippen LogP contribution in [0, 0.1) is 27.7 Å². The molecule has 0 aliphatic carbocycles. The largest absolute Gasteiger partial charge is 0.328 e. The van der Waals surface area contributed by atoms with Crippen LogP contribution in [-0.4, -0.2) is 16.3 Å². The van der Waals surface area contributed by atoms with Gasteiger partial charge in [0.05, 0.1) is 11.7 Å². The molecule has 0 spiro atoms. The van der Waals surface area contributed by atoms with Crippen molar-refractivity contribution in [3.8, 4) is 0 Å². The maximum Gasteiger partial charge on any atom is 0.0896 e. The summed E-state index contributed by atoms with van der Waals surface area (Å²) in [5.74, 6) is 0. The molecule has 2 aromatic rings. The summed E-state index contributed by atoms with van der Waals surface area (Å²) in [6.07, 6.45) is 0. The van der Waals surface area contributed by atoms with E-state index in [1.165, 1.54) is 16.7 Å². The summed E-state index contributed by atoms with van der Waals surface area (Å²) in [5, 5.41) is 4.56. The minimum atomic E-state index is 0.124. The third-order valence-electron chi connectivity index (χ3n) is 3.35. The highest BCUT2D eigenvalue weighted by Gasteiger charge is 2.17. The summed E-state index contributed by atoms with van der Waals surface area (Å²) in [6, 6.07) is 8.71. The molecule has 1 atom stereocenters. The minimum Gasteiger partial charge on any atom is -0.328 e. The van der Waals surface area contributed by atoms with E-state index in [0.717, 1.165) is 11.4 Å². The smallest absolute Gasteiger partial charge is 0.0896 e. The number of aryl methyl sites for hydroxylation is 4. The lowest BCUT2D eigenvalue weighted by molar-refractivity contribution is 0.514. The van der Waals surface area contributed by atoms with Crippen molar-refractivity contribution < 1.29 is 0 Å². The van der Waals surface area contributed by atoms with Crippen LogP contribution >= 0.6 is 0 Å². The number of hydrogen-bond donors (Lipinski definition) is 1. The van der Waals surface area contributed by atoms with Crippen molar-refractivity contribution in [3.63, 3.8) is 0 Å². The molecule has 0 amide bonds. The van der Waals surface area contributed by atoms with Crippen LogP contribution < -0.4 is 5.73 Å². The molecule has 1 aromatic carbocycles. The van der Waals surface area contributed by atoms with Gasteiger partial charge in [-0.3, -0.25) is 4.68 Å². The molecular weight excluding hydrogens is 222 g/mol. The van der Waals surface area contributed by atoms with Gasteiger partial charge in [-0.2, -0.15) is 5.10 Å².